The first kappa shape index (κ1) is 16.3. The van der Waals surface area contributed by atoms with Gasteiger partial charge < -0.3 is 9.47 Å². The standard InChI is InChI=1S/C14H12Cl2N2O4/c1-21-13(19)10-6-17-18(12(10)14(20)22-2)7-8-3-4-9(15)5-11(8)16/h3-6H,7H2,1-2H3. The molecular weight excluding hydrogens is 331 g/mol. The summed E-state index contributed by atoms with van der Waals surface area (Å²) in [5.74, 6) is -1.36. The molecule has 2 aromatic rings. The molecule has 0 amide bonds. The Labute approximate surface area is 136 Å². The van der Waals surface area contributed by atoms with Crippen molar-refractivity contribution in [3.8, 4) is 0 Å². The highest BCUT2D eigenvalue weighted by atomic mass is 35.5. The van der Waals surface area contributed by atoms with Crippen molar-refractivity contribution in [3.05, 3.63) is 51.3 Å². The van der Waals surface area contributed by atoms with Crippen molar-refractivity contribution >= 4 is 35.1 Å². The Morgan fingerprint density at radius 2 is 1.86 bits per heavy atom. The van der Waals surface area contributed by atoms with Crippen molar-refractivity contribution in [2.24, 2.45) is 0 Å². The maximum absolute atomic E-state index is 11.9. The number of hydrogen-bond acceptors (Lipinski definition) is 5. The molecule has 0 N–H and O–H groups in total. The van der Waals surface area contributed by atoms with Crippen LogP contribution in [0, 0.1) is 0 Å². The summed E-state index contributed by atoms with van der Waals surface area (Å²) in [6.45, 7) is 0.178. The number of rotatable bonds is 4. The van der Waals surface area contributed by atoms with E-state index >= 15 is 0 Å². The molecule has 22 heavy (non-hydrogen) atoms. The van der Waals surface area contributed by atoms with Gasteiger partial charge in [-0.05, 0) is 17.7 Å². The van der Waals surface area contributed by atoms with E-state index in [1.165, 1.54) is 25.1 Å². The monoisotopic (exact) mass is 342 g/mol. The zero-order chi connectivity index (χ0) is 16.3. The lowest BCUT2D eigenvalue weighted by Crippen LogP contribution is -2.17. The van der Waals surface area contributed by atoms with Gasteiger partial charge in [0, 0.05) is 10.0 Å². The molecule has 0 atom stereocenters. The van der Waals surface area contributed by atoms with Crippen molar-refractivity contribution in [3.63, 3.8) is 0 Å². The van der Waals surface area contributed by atoms with Crippen LogP contribution in [-0.4, -0.2) is 35.9 Å². The van der Waals surface area contributed by atoms with Crippen LogP contribution in [0.4, 0.5) is 0 Å². The Morgan fingerprint density at radius 1 is 1.18 bits per heavy atom. The fourth-order valence-electron chi connectivity index (χ4n) is 1.89. The van der Waals surface area contributed by atoms with Gasteiger partial charge in [-0.15, -0.1) is 0 Å². The number of halogens is 2. The molecule has 1 aromatic heterocycles. The van der Waals surface area contributed by atoms with Crippen LogP contribution in [0.25, 0.3) is 0 Å². The van der Waals surface area contributed by atoms with Crippen molar-refractivity contribution in [1.82, 2.24) is 9.78 Å². The molecule has 1 aromatic carbocycles. The number of esters is 2. The van der Waals surface area contributed by atoms with Gasteiger partial charge in [0.2, 0.25) is 0 Å². The van der Waals surface area contributed by atoms with Crippen molar-refractivity contribution in [2.75, 3.05) is 14.2 Å². The Morgan fingerprint density at radius 3 is 2.45 bits per heavy atom. The van der Waals surface area contributed by atoms with E-state index < -0.39 is 11.9 Å². The smallest absolute Gasteiger partial charge is 0.357 e. The van der Waals surface area contributed by atoms with Crippen LogP contribution in [-0.2, 0) is 16.0 Å². The van der Waals surface area contributed by atoms with Crippen LogP contribution in [0.3, 0.4) is 0 Å². The molecule has 0 bridgehead atoms. The molecule has 0 saturated heterocycles. The average Bonchev–Trinajstić information content (AvgIpc) is 2.92. The van der Waals surface area contributed by atoms with Gasteiger partial charge in [0.15, 0.2) is 5.69 Å². The van der Waals surface area contributed by atoms with Crippen LogP contribution < -0.4 is 0 Å². The molecule has 0 radical (unpaired) electrons. The highest BCUT2D eigenvalue weighted by molar-refractivity contribution is 6.35. The van der Waals surface area contributed by atoms with Crippen LogP contribution in [0.5, 0.6) is 0 Å². The molecule has 0 aliphatic rings. The van der Waals surface area contributed by atoms with Crippen LogP contribution in [0.15, 0.2) is 24.4 Å². The molecule has 0 fully saturated rings. The Hall–Kier alpha value is -2.05. The minimum Gasteiger partial charge on any atom is -0.465 e. The van der Waals surface area contributed by atoms with Gasteiger partial charge in [0.1, 0.15) is 5.56 Å². The number of methoxy groups -OCH3 is 2. The van der Waals surface area contributed by atoms with Crippen molar-refractivity contribution in [2.45, 2.75) is 6.54 Å². The molecule has 8 heteroatoms. The van der Waals surface area contributed by atoms with Crippen LogP contribution in [0.2, 0.25) is 10.0 Å². The van der Waals surface area contributed by atoms with Gasteiger partial charge in [-0.1, -0.05) is 29.3 Å². The summed E-state index contributed by atoms with van der Waals surface area (Å²) in [5.41, 5.74) is 0.718. The van der Waals surface area contributed by atoms with Gasteiger partial charge in [0.25, 0.3) is 0 Å². The first-order chi connectivity index (χ1) is 10.5. The van der Waals surface area contributed by atoms with Gasteiger partial charge >= 0.3 is 11.9 Å². The van der Waals surface area contributed by atoms with E-state index in [9.17, 15) is 9.59 Å². The summed E-state index contributed by atoms with van der Waals surface area (Å²) in [7, 11) is 2.44. The van der Waals surface area contributed by atoms with Crippen molar-refractivity contribution < 1.29 is 19.1 Å². The van der Waals surface area contributed by atoms with E-state index in [0.29, 0.717) is 15.6 Å². The number of nitrogens with zero attached hydrogens (tertiary/aromatic N) is 2. The third-order valence-electron chi connectivity index (χ3n) is 2.96. The fraction of sp³-hybridized carbons (Fsp3) is 0.214. The molecule has 0 aliphatic carbocycles. The average molecular weight is 343 g/mol. The third kappa shape index (κ3) is 3.23. The SMILES string of the molecule is COC(=O)c1cnn(Cc2ccc(Cl)cc2Cl)c1C(=O)OC. The zero-order valence-corrected chi connectivity index (χ0v) is 13.3. The summed E-state index contributed by atoms with van der Waals surface area (Å²) < 4.78 is 10.7. The Balaban J connectivity index is 2.44. The summed E-state index contributed by atoms with van der Waals surface area (Å²) in [6, 6.07) is 4.97. The quantitative estimate of drug-likeness (QED) is 0.799. The second kappa shape index (κ2) is 6.81. The van der Waals surface area contributed by atoms with E-state index in [0.717, 1.165) is 0 Å². The number of hydrogen-bond donors (Lipinski definition) is 0. The van der Waals surface area contributed by atoms with Gasteiger partial charge in [-0.25, -0.2) is 9.59 Å². The minimum atomic E-state index is -0.692. The number of benzene rings is 1. The molecule has 0 spiro atoms. The molecule has 116 valence electrons. The van der Waals surface area contributed by atoms with Crippen LogP contribution in [0.1, 0.15) is 26.4 Å². The lowest BCUT2D eigenvalue weighted by molar-refractivity contribution is 0.0547. The number of aromatic nitrogens is 2. The molecule has 2 rings (SSSR count). The summed E-state index contributed by atoms with van der Waals surface area (Å²) in [5, 5.41) is 4.96. The van der Waals surface area contributed by atoms with Gasteiger partial charge in [-0.3, -0.25) is 4.68 Å². The molecule has 6 nitrogen and oxygen atoms in total. The first-order valence-corrected chi connectivity index (χ1v) is 6.90. The maximum atomic E-state index is 11.9. The van der Waals surface area contributed by atoms with E-state index in [2.05, 4.69) is 9.84 Å². The molecule has 0 aliphatic heterocycles. The van der Waals surface area contributed by atoms with E-state index in [4.69, 9.17) is 27.9 Å². The predicted molar refractivity (Wildman–Crippen MR) is 80.5 cm³/mol. The minimum absolute atomic E-state index is 0.000340. The lowest BCUT2D eigenvalue weighted by atomic mass is 10.2. The number of ether oxygens (including phenoxy) is 2. The number of carbonyl (C=O) groups is 2. The predicted octanol–water partition coefficient (Wildman–Crippen LogP) is 2.81. The van der Waals surface area contributed by atoms with E-state index in [1.807, 2.05) is 0 Å². The topological polar surface area (TPSA) is 70.4 Å². The summed E-state index contributed by atoms with van der Waals surface area (Å²) in [6.07, 6.45) is 1.25. The third-order valence-corrected chi connectivity index (χ3v) is 3.55. The highest BCUT2D eigenvalue weighted by Crippen LogP contribution is 2.23. The maximum Gasteiger partial charge on any atom is 0.357 e. The van der Waals surface area contributed by atoms with E-state index in [1.54, 1.807) is 18.2 Å². The molecule has 0 saturated carbocycles. The Bertz CT molecular complexity index is 728. The Kier molecular flexibility index (Phi) is 5.05. The molecule has 0 unspecified atom stereocenters. The highest BCUT2D eigenvalue weighted by Gasteiger charge is 2.25. The fourth-order valence-corrected chi connectivity index (χ4v) is 2.36. The molecular formula is C14H12Cl2N2O4. The van der Waals surface area contributed by atoms with Gasteiger partial charge in [-0.2, -0.15) is 5.10 Å². The largest absolute Gasteiger partial charge is 0.465 e. The van der Waals surface area contributed by atoms with E-state index in [-0.39, 0.29) is 17.8 Å². The lowest BCUT2D eigenvalue weighted by Gasteiger charge is -2.09. The molecule has 1 heterocycles. The zero-order valence-electron chi connectivity index (χ0n) is 11.8. The second-order valence-electron chi connectivity index (χ2n) is 4.28. The second-order valence-corrected chi connectivity index (χ2v) is 5.13. The van der Waals surface area contributed by atoms with Gasteiger partial charge in [0.05, 0.1) is 27.0 Å². The van der Waals surface area contributed by atoms with Crippen LogP contribution >= 0.6 is 23.2 Å². The normalized spacial score (nSPS) is 10.4. The number of carbonyl (C=O) groups excluding carboxylic acids is 2. The van der Waals surface area contributed by atoms with Crippen molar-refractivity contribution in [1.29, 1.82) is 0 Å². The summed E-state index contributed by atoms with van der Waals surface area (Å²) >= 11 is 12.0. The first-order valence-electron chi connectivity index (χ1n) is 6.14. The summed E-state index contributed by atoms with van der Waals surface area (Å²) in [4.78, 5) is 23.6.